The number of hydrogen-bond acceptors (Lipinski definition) is 5. The van der Waals surface area contributed by atoms with Gasteiger partial charge >= 0.3 is 0 Å². The summed E-state index contributed by atoms with van der Waals surface area (Å²) in [7, 11) is 0. The van der Waals surface area contributed by atoms with Crippen LogP contribution in [0.15, 0.2) is 30.5 Å². The molecule has 1 aliphatic rings. The van der Waals surface area contributed by atoms with Crippen LogP contribution >= 0.6 is 0 Å². The van der Waals surface area contributed by atoms with Crippen LogP contribution in [0.25, 0.3) is 0 Å². The third-order valence-corrected chi connectivity index (χ3v) is 3.98. The van der Waals surface area contributed by atoms with Gasteiger partial charge in [-0.1, -0.05) is 13.0 Å². The van der Waals surface area contributed by atoms with E-state index in [1.807, 2.05) is 25.1 Å². The molecule has 1 saturated heterocycles. The summed E-state index contributed by atoms with van der Waals surface area (Å²) in [5, 5.41) is 3.28. The summed E-state index contributed by atoms with van der Waals surface area (Å²) in [5.41, 5.74) is 1.98. The molecule has 0 spiro atoms. The lowest BCUT2D eigenvalue weighted by Gasteiger charge is -2.32. The van der Waals surface area contributed by atoms with Crippen molar-refractivity contribution in [1.82, 2.24) is 15.0 Å². The van der Waals surface area contributed by atoms with Gasteiger partial charge in [0, 0.05) is 31.0 Å². The zero-order valence-electron chi connectivity index (χ0n) is 13.3. The van der Waals surface area contributed by atoms with Gasteiger partial charge in [-0.05, 0) is 37.8 Å². The second-order valence-corrected chi connectivity index (χ2v) is 6.06. The maximum atomic E-state index is 4.68. The number of aromatic nitrogens is 3. The molecule has 3 rings (SSSR count). The van der Waals surface area contributed by atoms with Gasteiger partial charge < -0.3 is 10.2 Å². The average Bonchev–Trinajstić information content (AvgIpc) is 2.53. The molecule has 0 radical (unpaired) electrons. The zero-order valence-corrected chi connectivity index (χ0v) is 13.3. The van der Waals surface area contributed by atoms with Crippen molar-refractivity contribution in [2.24, 2.45) is 5.92 Å². The van der Waals surface area contributed by atoms with Crippen LogP contribution < -0.4 is 10.2 Å². The van der Waals surface area contributed by atoms with Crippen LogP contribution in [0.3, 0.4) is 0 Å². The van der Waals surface area contributed by atoms with Crippen LogP contribution in [-0.2, 0) is 6.54 Å². The summed E-state index contributed by atoms with van der Waals surface area (Å²) in [6, 6.07) is 7.98. The minimum atomic E-state index is 0.639. The minimum absolute atomic E-state index is 0.639. The van der Waals surface area contributed by atoms with Gasteiger partial charge in [0.25, 0.3) is 0 Å². The summed E-state index contributed by atoms with van der Waals surface area (Å²) in [4.78, 5) is 15.8. The molecule has 1 aliphatic heterocycles. The van der Waals surface area contributed by atoms with E-state index < -0.39 is 0 Å². The second kappa shape index (κ2) is 6.73. The van der Waals surface area contributed by atoms with E-state index in [4.69, 9.17) is 0 Å². The van der Waals surface area contributed by atoms with E-state index >= 15 is 0 Å². The number of aryl methyl sites for hydroxylation is 1. The molecule has 1 unspecified atom stereocenters. The Hall–Kier alpha value is -2.17. The summed E-state index contributed by atoms with van der Waals surface area (Å²) in [6.45, 7) is 7.13. The molecule has 1 N–H and O–H groups in total. The molecule has 0 saturated carbocycles. The molecule has 22 heavy (non-hydrogen) atoms. The number of hydrogen-bond donors (Lipinski definition) is 1. The zero-order chi connectivity index (χ0) is 15.4. The SMILES string of the molecule is Cc1cc(N2CCCC(C)C2)nc(NCc2ccccn2)n1. The third-order valence-electron chi connectivity index (χ3n) is 3.98. The van der Waals surface area contributed by atoms with Gasteiger partial charge in [0.05, 0.1) is 12.2 Å². The Morgan fingerprint density at radius 1 is 1.32 bits per heavy atom. The van der Waals surface area contributed by atoms with Crippen molar-refractivity contribution < 1.29 is 0 Å². The molecule has 0 aliphatic carbocycles. The molecule has 5 heteroatoms. The van der Waals surface area contributed by atoms with Gasteiger partial charge in [0.2, 0.25) is 5.95 Å². The summed E-state index contributed by atoms with van der Waals surface area (Å²) >= 11 is 0. The van der Waals surface area contributed by atoms with Gasteiger partial charge in [-0.3, -0.25) is 4.98 Å². The van der Waals surface area contributed by atoms with Gasteiger partial charge in [-0.25, -0.2) is 4.98 Å². The molecule has 3 heterocycles. The number of nitrogens with one attached hydrogen (secondary N) is 1. The summed E-state index contributed by atoms with van der Waals surface area (Å²) < 4.78 is 0. The quantitative estimate of drug-likeness (QED) is 0.940. The summed E-state index contributed by atoms with van der Waals surface area (Å²) in [6.07, 6.45) is 4.35. The van der Waals surface area contributed by atoms with Crippen LogP contribution in [0.2, 0.25) is 0 Å². The first-order valence-corrected chi connectivity index (χ1v) is 7.95. The van der Waals surface area contributed by atoms with E-state index in [2.05, 4.69) is 38.2 Å². The fourth-order valence-electron chi connectivity index (χ4n) is 2.86. The van der Waals surface area contributed by atoms with Crippen molar-refractivity contribution in [1.29, 1.82) is 0 Å². The van der Waals surface area contributed by atoms with Crippen molar-refractivity contribution >= 4 is 11.8 Å². The number of pyridine rings is 1. The second-order valence-electron chi connectivity index (χ2n) is 6.06. The predicted molar refractivity (Wildman–Crippen MR) is 88.9 cm³/mol. The highest BCUT2D eigenvalue weighted by atomic mass is 15.2. The normalized spacial score (nSPS) is 18.3. The molecule has 5 nitrogen and oxygen atoms in total. The van der Waals surface area contributed by atoms with Crippen molar-refractivity contribution in [2.75, 3.05) is 23.3 Å². The van der Waals surface area contributed by atoms with Crippen LogP contribution in [0.1, 0.15) is 31.2 Å². The lowest BCUT2D eigenvalue weighted by atomic mass is 10.0. The van der Waals surface area contributed by atoms with Gasteiger partial charge in [-0.2, -0.15) is 4.98 Å². The van der Waals surface area contributed by atoms with E-state index in [-0.39, 0.29) is 0 Å². The predicted octanol–water partition coefficient (Wildman–Crippen LogP) is 3.03. The van der Waals surface area contributed by atoms with Crippen molar-refractivity contribution in [2.45, 2.75) is 33.2 Å². The topological polar surface area (TPSA) is 53.9 Å². The van der Waals surface area contributed by atoms with Crippen LogP contribution in [-0.4, -0.2) is 28.0 Å². The highest BCUT2D eigenvalue weighted by molar-refractivity contribution is 5.45. The fraction of sp³-hybridized carbons (Fsp3) is 0.471. The number of nitrogens with zero attached hydrogens (tertiary/aromatic N) is 4. The molecule has 2 aromatic heterocycles. The Kier molecular flexibility index (Phi) is 4.51. The first-order chi connectivity index (χ1) is 10.7. The van der Waals surface area contributed by atoms with Gasteiger partial charge in [0.15, 0.2) is 0 Å². The fourth-order valence-corrected chi connectivity index (χ4v) is 2.86. The monoisotopic (exact) mass is 297 g/mol. The van der Waals surface area contributed by atoms with E-state index in [1.54, 1.807) is 6.20 Å². The largest absolute Gasteiger partial charge is 0.356 e. The van der Waals surface area contributed by atoms with E-state index in [0.717, 1.165) is 36.2 Å². The smallest absolute Gasteiger partial charge is 0.225 e. The first kappa shape index (κ1) is 14.8. The van der Waals surface area contributed by atoms with Crippen LogP contribution in [0, 0.1) is 12.8 Å². The Morgan fingerprint density at radius 2 is 2.23 bits per heavy atom. The number of rotatable bonds is 4. The van der Waals surface area contributed by atoms with Gasteiger partial charge in [-0.15, -0.1) is 0 Å². The van der Waals surface area contributed by atoms with Crippen molar-refractivity contribution in [3.8, 4) is 0 Å². The minimum Gasteiger partial charge on any atom is -0.356 e. The van der Waals surface area contributed by atoms with Crippen molar-refractivity contribution in [3.05, 3.63) is 41.9 Å². The van der Waals surface area contributed by atoms with E-state index in [9.17, 15) is 0 Å². The van der Waals surface area contributed by atoms with Gasteiger partial charge in [0.1, 0.15) is 5.82 Å². The Labute approximate surface area is 131 Å². The molecule has 0 bridgehead atoms. The van der Waals surface area contributed by atoms with Crippen LogP contribution in [0.4, 0.5) is 11.8 Å². The Bertz CT molecular complexity index is 614. The number of piperidine rings is 1. The maximum absolute atomic E-state index is 4.68. The molecule has 116 valence electrons. The van der Waals surface area contributed by atoms with Crippen molar-refractivity contribution in [3.63, 3.8) is 0 Å². The Morgan fingerprint density at radius 3 is 3.00 bits per heavy atom. The highest BCUT2D eigenvalue weighted by Gasteiger charge is 2.18. The molecule has 2 aromatic rings. The third kappa shape index (κ3) is 3.72. The van der Waals surface area contributed by atoms with E-state index in [0.29, 0.717) is 12.5 Å². The molecular weight excluding hydrogens is 274 g/mol. The molecular formula is C17H23N5. The molecule has 0 amide bonds. The number of anilines is 2. The average molecular weight is 297 g/mol. The van der Waals surface area contributed by atoms with Crippen LogP contribution in [0.5, 0.6) is 0 Å². The molecule has 0 aromatic carbocycles. The maximum Gasteiger partial charge on any atom is 0.225 e. The highest BCUT2D eigenvalue weighted by Crippen LogP contribution is 2.22. The van der Waals surface area contributed by atoms with E-state index in [1.165, 1.54) is 12.8 Å². The summed E-state index contributed by atoms with van der Waals surface area (Å²) in [5.74, 6) is 2.44. The lowest BCUT2D eigenvalue weighted by molar-refractivity contribution is 0.444. The Balaban J connectivity index is 1.72. The molecule has 1 fully saturated rings. The first-order valence-electron chi connectivity index (χ1n) is 7.95. The lowest BCUT2D eigenvalue weighted by Crippen LogP contribution is -2.35. The molecule has 1 atom stereocenters. The standard InChI is InChI=1S/C17H23N5/c1-13-6-5-9-22(12-13)16-10-14(2)20-17(21-16)19-11-15-7-3-4-8-18-15/h3-4,7-8,10,13H,5-6,9,11-12H2,1-2H3,(H,19,20,21).